The van der Waals surface area contributed by atoms with Crippen LogP contribution in [0.25, 0.3) is 66.4 Å². The molecule has 0 bridgehead atoms. The van der Waals surface area contributed by atoms with Crippen LogP contribution in [0.4, 0.5) is 11.4 Å². The highest BCUT2D eigenvalue weighted by molar-refractivity contribution is 6.09. The van der Waals surface area contributed by atoms with Crippen LogP contribution in [0.15, 0.2) is 174 Å². The Morgan fingerprint density at radius 1 is 0.341 bits per heavy atom. The highest BCUT2D eigenvalue weighted by atomic mass is 16.3. The van der Waals surface area contributed by atoms with Crippen molar-refractivity contribution in [3.8, 4) is 44.5 Å². The minimum atomic E-state index is 0.917. The van der Waals surface area contributed by atoms with Gasteiger partial charge in [0, 0.05) is 27.7 Å². The van der Waals surface area contributed by atoms with Gasteiger partial charge < -0.3 is 9.73 Å². The van der Waals surface area contributed by atoms with E-state index in [0.717, 1.165) is 44.4 Å². The minimum absolute atomic E-state index is 0.917. The van der Waals surface area contributed by atoms with Crippen molar-refractivity contribution in [3.05, 3.63) is 170 Å². The molecular formula is C42H29NO. The molecule has 1 N–H and O–H groups in total. The minimum Gasteiger partial charge on any atom is -0.455 e. The number of benzene rings is 7. The monoisotopic (exact) mass is 563 g/mol. The van der Waals surface area contributed by atoms with Crippen LogP contribution >= 0.6 is 0 Å². The highest BCUT2D eigenvalue weighted by Crippen LogP contribution is 2.38. The molecule has 2 nitrogen and oxygen atoms in total. The van der Waals surface area contributed by atoms with Crippen LogP contribution in [0.3, 0.4) is 0 Å². The molecule has 0 unspecified atom stereocenters. The fourth-order valence-corrected chi connectivity index (χ4v) is 6.07. The summed E-state index contributed by atoms with van der Waals surface area (Å²) in [5, 5.41) is 5.86. The second kappa shape index (κ2) is 11.1. The van der Waals surface area contributed by atoms with Crippen LogP contribution in [0.1, 0.15) is 0 Å². The van der Waals surface area contributed by atoms with Gasteiger partial charge >= 0.3 is 0 Å². The van der Waals surface area contributed by atoms with E-state index in [4.69, 9.17) is 4.42 Å². The van der Waals surface area contributed by atoms with Crippen LogP contribution < -0.4 is 5.32 Å². The molecule has 44 heavy (non-hydrogen) atoms. The van der Waals surface area contributed by atoms with E-state index in [2.05, 4.69) is 163 Å². The Balaban J connectivity index is 1.05. The van der Waals surface area contributed by atoms with Crippen molar-refractivity contribution in [2.75, 3.05) is 5.32 Å². The van der Waals surface area contributed by atoms with Crippen LogP contribution in [0.5, 0.6) is 0 Å². The van der Waals surface area contributed by atoms with Gasteiger partial charge in [0.25, 0.3) is 0 Å². The molecule has 0 aliphatic carbocycles. The lowest BCUT2D eigenvalue weighted by Gasteiger charge is -2.14. The highest BCUT2D eigenvalue weighted by Gasteiger charge is 2.12. The topological polar surface area (TPSA) is 25.2 Å². The second-order valence-electron chi connectivity index (χ2n) is 11.1. The molecule has 0 saturated heterocycles. The van der Waals surface area contributed by atoms with Crippen molar-refractivity contribution in [3.63, 3.8) is 0 Å². The molecule has 0 spiro atoms. The summed E-state index contributed by atoms with van der Waals surface area (Å²) in [7, 11) is 0. The first-order chi connectivity index (χ1) is 21.8. The van der Waals surface area contributed by atoms with Gasteiger partial charge in [0.2, 0.25) is 0 Å². The van der Waals surface area contributed by atoms with Gasteiger partial charge in [-0.1, -0.05) is 133 Å². The zero-order chi connectivity index (χ0) is 29.3. The smallest absolute Gasteiger partial charge is 0.143 e. The fourth-order valence-electron chi connectivity index (χ4n) is 6.07. The van der Waals surface area contributed by atoms with Crippen LogP contribution in [-0.4, -0.2) is 0 Å². The second-order valence-corrected chi connectivity index (χ2v) is 11.1. The van der Waals surface area contributed by atoms with E-state index < -0.39 is 0 Å². The Bertz CT molecular complexity index is 2210. The standard InChI is InChI=1S/C42H29NO/c1-3-10-30(11-4-1)36-27-22-33(28-40(36)31-12-5-2-6-13-31)29-18-23-34(24-19-29)43-35-25-20-32(21-26-35)37-15-9-16-39-38-14-7-8-17-41(38)44-42(37)39/h1-28,43H. The zero-order valence-electron chi connectivity index (χ0n) is 24.1. The molecule has 0 amide bonds. The Labute approximate surface area is 256 Å². The van der Waals surface area contributed by atoms with Crippen molar-refractivity contribution < 1.29 is 4.42 Å². The third kappa shape index (κ3) is 4.83. The van der Waals surface area contributed by atoms with Crippen molar-refractivity contribution >= 4 is 33.3 Å². The van der Waals surface area contributed by atoms with Gasteiger partial charge in [0.1, 0.15) is 11.2 Å². The molecule has 2 heteroatoms. The summed E-state index contributed by atoms with van der Waals surface area (Å²) < 4.78 is 6.26. The van der Waals surface area contributed by atoms with Crippen molar-refractivity contribution in [1.82, 2.24) is 0 Å². The van der Waals surface area contributed by atoms with E-state index in [1.54, 1.807) is 0 Å². The predicted molar refractivity (Wildman–Crippen MR) is 185 cm³/mol. The van der Waals surface area contributed by atoms with Gasteiger partial charge in [0.05, 0.1) is 0 Å². The number of hydrogen-bond acceptors (Lipinski definition) is 2. The average molecular weight is 564 g/mol. The Hall–Kier alpha value is -5.86. The maximum absolute atomic E-state index is 6.26. The number of rotatable bonds is 6. The Morgan fingerprint density at radius 2 is 0.886 bits per heavy atom. The van der Waals surface area contributed by atoms with E-state index >= 15 is 0 Å². The summed E-state index contributed by atoms with van der Waals surface area (Å²) in [6, 6.07) is 59.8. The van der Waals surface area contributed by atoms with E-state index in [1.165, 1.54) is 33.4 Å². The first-order valence-corrected chi connectivity index (χ1v) is 14.9. The number of anilines is 2. The molecule has 0 radical (unpaired) electrons. The zero-order valence-corrected chi connectivity index (χ0v) is 24.1. The van der Waals surface area contributed by atoms with E-state index in [-0.39, 0.29) is 0 Å². The lowest BCUT2D eigenvalue weighted by Crippen LogP contribution is -1.91. The van der Waals surface area contributed by atoms with Crippen LogP contribution in [0.2, 0.25) is 0 Å². The van der Waals surface area contributed by atoms with Crippen LogP contribution in [0, 0.1) is 0 Å². The van der Waals surface area contributed by atoms with Gasteiger partial charge in [-0.2, -0.15) is 0 Å². The third-order valence-corrected chi connectivity index (χ3v) is 8.30. The fraction of sp³-hybridized carbons (Fsp3) is 0. The Morgan fingerprint density at radius 3 is 1.59 bits per heavy atom. The largest absolute Gasteiger partial charge is 0.455 e. The SMILES string of the molecule is c1ccc(-c2ccc(-c3ccc(Nc4ccc(-c5cccc6c5oc5ccccc56)cc4)cc3)cc2-c2ccccc2)cc1. The molecule has 0 atom stereocenters. The number of para-hydroxylation sites is 2. The first kappa shape index (κ1) is 25.8. The van der Waals surface area contributed by atoms with Crippen molar-refractivity contribution in [2.45, 2.75) is 0 Å². The van der Waals surface area contributed by atoms with Gasteiger partial charge in [-0.15, -0.1) is 0 Å². The van der Waals surface area contributed by atoms with Crippen LogP contribution in [-0.2, 0) is 0 Å². The lowest BCUT2D eigenvalue weighted by atomic mass is 9.91. The summed E-state index contributed by atoms with van der Waals surface area (Å²) in [6.45, 7) is 0. The molecule has 0 saturated carbocycles. The van der Waals surface area contributed by atoms with Gasteiger partial charge in [0.15, 0.2) is 0 Å². The first-order valence-electron chi connectivity index (χ1n) is 14.9. The predicted octanol–water partition coefficient (Wildman–Crippen LogP) is 12.0. The van der Waals surface area contributed by atoms with Gasteiger partial charge in [-0.3, -0.25) is 0 Å². The summed E-state index contributed by atoms with van der Waals surface area (Å²) in [5.41, 5.74) is 13.4. The molecule has 1 aromatic heterocycles. The van der Waals surface area contributed by atoms with Crippen molar-refractivity contribution in [2.24, 2.45) is 0 Å². The summed E-state index contributed by atoms with van der Waals surface area (Å²) in [6.07, 6.45) is 0. The molecule has 8 rings (SSSR count). The van der Waals surface area contributed by atoms with Gasteiger partial charge in [-0.25, -0.2) is 0 Å². The molecular weight excluding hydrogens is 534 g/mol. The summed E-state index contributed by atoms with van der Waals surface area (Å²) in [4.78, 5) is 0. The molecule has 0 aliphatic rings. The van der Waals surface area contributed by atoms with Gasteiger partial charge in [-0.05, 0) is 75.3 Å². The van der Waals surface area contributed by atoms with E-state index in [9.17, 15) is 0 Å². The lowest BCUT2D eigenvalue weighted by molar-refractivity contribution is 0.670. The molecule has 1 heterocycles. The average Bonchev–Trinajstić information content (AvgIpc) is 3.49. The number of fused-ring (bicyclic) bond motifs is 3. The number of nitrogens with one attached hydrogen (secondary N) is 1. The molecule has 7 aromatic carbocycles. The molecule has 208 valence electrons. The van der Waals surface area contributed by atoms with E-state index in [0.29, 0.717) is 0 Å². The maximum atomic E-state index is 6.26. The quantitative estimate of drug-likeness (QED) is 0.218. The molecule has 0 aliphatic heterocycles. The molecule has 8 aromatic rings. The summed E-state index contributed by atoms with van der Waals surface area (Å²) in [5.74, 6) is 0. The number of furan rings is 1. The molecule has 0 fully saturated rings. The Kier molecular flexibility index (Phi) is 6.51. The van der Waals surface area contributed by atoms with Crippen molar-refractivity contribution in [1.29, 1.82) is 0 Å². The maximum Gasteiger partial charge on any atom is 0.143 e. The third-order valence-electron chi connectivity index (χ3n) is 8.30. The normalized spacial score (nSPS) is 11.2. The summed E-state index contributed by atoms with van der Waals surface area (Å²) >= 11 is 0. The van der Waals surface area contributed by atoms with E-state index in [1.807, 2.05) is 12.1 Å². The number of hydrogen-bond donors (Lipinski definition) is 1.